The van der Waals surface area contributed by atoms with Crippen LogP contribution < -0.4 is 0 Å². The van der Waals surface area contributed by atoms with Crippen LogP contribution in [0.2, 0.25) is 0 Å². The van der Waals surface area contributed by atoms with E-state index < -0.39 is 5.54 Å². The van der Waals surface area contributed by atoms with E-state index in [0.29, 0.717) is 30.6 Å². The third-order valence-electron chi connectivity index (χ3n) is 6.86. The average Bonchev–Trinajstić information content (AvgIpc) is 3.12. The molecule has 160 valence electrons. The number of hydrogen-bond donors (Lipinski definition) is 1. The van der Waals surface area contributed by atoms with Crippen molar-refractivity contribution in [1.29, 1.82) is 0 Å². The number of nitrogens with one attached hydrogen (secondary N) is 1. The number of morpholine rings is 1. The topological polar surface area (TPSA) is 65.6 Å². The molecule has 0 aliphatic carbocycles. The van der Waals surface area contributed by atoms with Crippen LogP contribution >= 0.6 is 0 Å². The number of benzene rings is 2. The Bertz CT molecular complexity index is 1180. The van der Waals surface area contributed by atoms with Crippen LogP contribution in [0.1, 0.15) is 28.0 Å². The van der Waals surface area contributed by atoms with Gasteiger partial charge in [-0.1, -0.05) is 30.3 Å². The molecule has 5 rings (SSSR count). The van der Waals surface area contributed by atoms with Crippen molar-refractivity contribution in [3.05, 3.63) is 71.2 Å². The van der Waals surface area contributed by atoms with E-state index in [9.17, 15) is 14.0 Å². The van der Waals surface area contributed by atoms with Gasteiger partial charge < -0.3 is 19.5 Å². The lowest BCUT2D eigenvalue weighted by atomic mass is 9.76. The molecule has 7 heteroatoms. The molecule has 2 aliphatic rings. The molecule has 6 nitrogen and oxygen atoms in total. The van der Waals surface area contributed by atoms with E-state index in [2.05, 4.69) is 4.98 Å². The SMILES string of the molecule is Cc1c(C(=O)N2CC[C@]3(c4ccccc4)[C@@H](C2)OCC(=O)N3C)[nH]c2ccc(F)cc12. The van der Waals surface area contributed by atoms with Gasteiger partial charge in [-0.3, -0.25) is 9.59 Å². The second kappa shape index (κ2) is 7.20. The van der Waals surface area contributed by atoms with Crippen molar-refractivity contribution in [3.8, 4) is 0 Å². The molecule has 1 N–H and O–H groups in total. The molecule has 1 aromatic heterocycles. The highest BCUT2D eigenvalue weighted by molar-refractivity contribution is 6.01. The lowest BCUT2D eigenvalue weighted by Crippen LogP contribution is -2.67. The zero-order valence-corrected chi connectivity index (χ0v) is 17.5. The van der Waals surface area contributed by atoms with Crippen molar-refractivity contribution < 1.29 is 18.7 Å². The molecule has 3 aromatic rings. The number of aryl methyl sites for hydroxylation is 1. The number of fused-ring (bicyclic) bond motifs is 2. The van der Waals surface area contributed by atoms with Gasteiger partial charge in [-0.15, -0.1) is 0 Å². The number of H-pyrrole nitrogens is 1. The molecule has 0 bridgehead atoms. The van der Waals surface area contributed by atoms with Gasteiger partial charge in [-0.25, -0.2) is 4.39 Å². The van der Waals surface area contributed by atoms with Crippen molar-refractivity contribution in [1.82, 2.24) is 14.8 Å². The summed E-state index contributed by atoms with van der Waals surface area (Å²) in [5.74, 6) is -0.533. The Morgan fingerprint density at radius 2 is 2.00 bits per heavy atom. The minimum absolute atomic E-state index is 0.00245. The lowest BCUT2D eigenvalue weighted by Gasteiger charge is -2.54. The summed E-state index contributed by atoms with van der Waals surface area (Å²) < 4.78 is 19.7. The number of aromatic nitrogens is 1. The van der Waals surface area contributed by atoms with E-state index in [-0.39, 0.29) is 30.3 Å². The van der Waals surface area contributed by atoms with Gasteiger partial charge in [0.05, 0.1) is 5.54 Å². The second-order valence-corrected chi connectivity index (χ2v) is 8.36. The molecule has 31 heavy (non-hydrogen) atoms. The van der Waals surface area contributed by atoms with Gasteiger partial charge in [0.2, 0.25) is 5.91 Å². The van der Waals surface area contributed by atoms with Gasteiger partial charge in [-0.2, -0.15) is 0 Å². The molecule has 2 saturated heterocycles. The van der Waals surface area contributed by atoms with Crippen molar-refractivity contribution in [2.24, 2.45) is 0 Å². The largest absolute Gasteiger partial charge is 0.364 e. The number of amides is 2. The zero-order valence-electron chi connectivity index (χ0n) is 17.5. The number of nitrogens with zero attached hydrogens (tertiary/aromatic N) is 2. The summed E-state index contributed by atoms with van der Waals surface area (Å²) in [4.78, 5) is 32.6. The third kappa shape index (κ3) is 2.95. The maximum Gasteiger partial charge on any atom is 0.270 e. The number of rotatable bonds is 2. The van der Waals surface area contributed by atoms with E-state index in [4.69, 9.17) is 4.74 Å². The highest BCUT2D eigenvalue weighted by Gasteiger charge is 2.53. The van der Waals surface area contributed by atoms with Crippen LogP contribution in [0.3, 0.4) is 0 Å². The summed E-state index contributed by atoms with van der Waals surface area (Å²) in [6, 6.07) is 14.4. The van der Waals surface area contributed by atoms with Crippen LogP contribution in [0.5, 0.6) is 0 Å². The van der Waals surface area contributed by atoms with E-state index in [1.54, 1.807) is 15.9 Å². The number of ether oxygens (including phenoxy) is 1. The Labute approximate surface area is 179 Å². The fourth-order valence-corrected chi connectivity index (χ4v) is 5.08. The van der Waals surface area contributed by atoms with Crippen LogP contribution in [0.4, 0.5) is 4.39 Å². The Morgan fingerprint density at radius 1 is 1.23 bits per heavy atom. The van der Waals surface area contributed by atoms with Gasteiger partial charge in [0.25, 0.3) is 5.91 Å². The number of carbonyl (C=O) groups is 2. The van der Waals surface area contributed by atoms with Crippen LogP contribution in [-0.4, -0.2) is 59.4 Å². The van der Waals surface area contributed by atoms with Crippen molar-refractivity contribution in [2.45, 2.75) is 25.0 Å². The Kier molecular flexibility index (Phi) is 4.59. The number of likely N-dealkylation sites (tertiary alicyclic amines) is 1. The highest BCUT2D eigenvalue weighted by atomic mass is 19.1. The van der Waals surface area contributed by atoms with Crippen LogP contribution in [0.15, 0.2) is 48.5 Å². The summed E-state index contributed by atoms with van der Waals surface area (Å²) in [5.41, 5.74) is 2.34. The Balaban J connectivity index is 1.48. The van der Waals surface area contributed by atoms with Crippen molar-refractivity contribution >= 4 is 22.7 Å². The van der Waals surface area contributed by atoms with Crippen LogP contribution in [0, 0.1) is 12.7 Å². The van der Waals surface area contributed by atoms with Crippen LogP contribution in [0.25, 0.3) is 10.9 Å². The molecule has 2 fully saturated rings. The number of hydrogen-bond acceptors (Lipinski definition) is 3. The lowest BCUT2D eigenvalue weighted by molar-refractivity contribution is -0.180. The molecular formula is C24H24FN3O3. The fourth-order valence-electron chi connectivity index (χ4n) is 5.08. The summed E-state index contributed by atoms with van der Waals surface area (Å²) in [7, 11) is 1.82. The highest BCUT2D eigenvalue weighted by Crippen LogP contribution is 2.42. The van der Waals surface area contributed by atoms with E-state index in [0.717, 1.165) is 16.6 Å². The van der Waals surface area contributed by atoms with E-state index in [1.165, 1.54) is 12.1 Å². The predicted molar refractivity (Wildman–Crippen MR) is 114 cm³/mol. The second-order valence-electron chi connectivity index (χ2n) is 8.36. The molecule has 2 aromatic carbocycles. The summed E-state index contributed by atoms with van der Waals surface area (Å²) in [6.45, 7) is 2.68. The Hall–Kier alpha value is -3.19. The first-order valence-electron chi connectivity index (χ1n) is 10.4. The molecule has 0 unspecified atom stereocenters. The zero-order chi connectivity index (χ0) is 21.8. The summed E-state index contributed by atoms with van der Waals surface area (Å²) >= 11 is 0. The molecular weight excluding hydrogens is 397 g/mol. The van der Waals surface area contributed by atoms with Crippen molar-refractivity contribution in [2.75, 3.05) is 26.7 Å². The molecule has 0 spiro atoms. The minimum Gasteiger partial charge on any atom is -0.364 e. The summed E-state index contributed by atoms with van der Waals surface area (Å²) in [5, 5.41) is 0.707. The summed E-state index contributed by atoms with van der Waals surface area (Å²) in [6.07, 6.45) is 0.237. The fraction of sp³-hybridized carbons (Fsp3) is 0.333. The van der Waals surface area contributed by atoms with E-state index in [1.807, 2.05) is 44.3 Å². The molecule has 0 radical (unpaired) electrons. The number of carbonyl (C=O) groups excluding carboxylic acids is 2. The maximum atomic E-state index is 13.7. The monoisotopic (exact) mass is 421 g/mol. The van der Waals surface area contributed by atoms with Gasteiger partial charge >= 0.3 is 0 Å². The molecule has 2 atom stereocenters. The average molecular weight is 421 g/mol. The standard InChI is InChI=1S/C24H24FN3O3/c1-15-18-12-17(25)8-9-19(18)26-22(15)23(30)28-11-10-24(16-6-4-3-5-7-16)20(13-28)31-14-21(29)27(24)2/h3-9,12,20,26H,10-11,13-14H2,1-2H3/t20-,24+/m1/s1. The maximum absolute atomic E-state index is 13.7. The first kappa shape index (κ1) is 19.8. The van der Waals surface area contributed by atoms with Gasteiger partial charge in [0, 0.05) is 31.0 Å². The van der Waals surface area contributed by atoms with Gasteiger partial charge in [0.1, 0.15) is 24.2 Å². The Morgan fingerprint density at radius 3 is 2.77 bits per heavy atom. The first-order valence-corrected chi connectivity index (χ1v) is 10.4. The minimum atomic E-state index is -0.605. The normalized spacial score (nSPS) is 23.8. The number of likely N-dealkylation sites (N-methyl/N-ethyl adjacent to an activating group) is 1. The molecule has 2 amide bonds. The quantitative estimate of drug-likeness (QED) is 0.691. The van der Waals surface area contributed by atoms with Crippen LogP contribution in [-0.2, 0) is 15.1 Å². The number of halogens is 1. The van der Waals surface area contributed by atoms with Gasteiger partial charge in [-0.05, 0) is 42.7 Å². The number of aromatic amines is 1. The molecule has 2 aliphatic heterocycles. The number of piperidine rings is 1. The van der Waals surface area contributed by atoms with Crippen molar-refractivity contribution in [3.63, 3.8) is 0 Å². The first-order chi connectivity index (χ1) is 14.9. The molecule has 0 saturated carbocycles. The van der Waals surface area contributed by atoms with E-state index >= 15 is 0 Å². The smallest absolute Gasteiger partial charge is 0.270 e. The van der Waals surface area contributed by atoms with Gasteiger partial charge in [0.15, 0.2) is 0 Å². The predicted octanol–water partition coefficient (Wildman–Crippen LogP) is 3.21. The molecule has 3 heterocycles. The third-order valence-corrected chi connectivity index (χ3v) is 6.86.